The second-order valence-electron chi connectivity index (χ2n) is 9.21. The van der Waals surface area contributed by atoms with Gasteiger partial charge < -0.3 is 15.1 Å². The topological polar surface area (TPSA) is 53.4 Å². The molecule has 34 heavy (non-hydrogen) atoms. The van der Waals surface area contributed by atoms with Crippen molar-refractivity contribution in [2.24, 2.45) is 0 Å². The number of carbonyl (C=O) groups excluding carboxylic acids is 1. The summed E-state index contributed by atoms with van der Waals surface area (Å²) in [5.41, 5.74) is 6.79. The quantitative estimate of drug-likeness (QED) is 0.604. The summed E-state index contributed by atoms with van der Waals surface area (Å²) in [6.07, 6.45) is 3.85. The first-order chi connectivity index (χ1) is 16.1. The third kappa shape index (κ3) is 4.70. The number of carbonyl (C=O) groups is 1. The Kier molecular flexibility index (Phi) is 7.59. The molecule has 3 aromatic rings. The number of rotatable bonds is 4. The molecule has 6 nitrogen and oxygen atoms in total. The van der Waals surface area contributed by atoms with Crippen LogP contribution in [0.15, 0.2) is 54.7 Å². The fourth-order valence-corrected chi connectivity index (χ4v) is 5.18. The lowest BCUT2D eigenvalue weighted by atomic mass is 9.91. The van der Waals surface area contributed by atoms with E-state index in [4.69, 9.17) is 5.10 Å². The summed E-state index contributed by atoms with van der Waals surface area (Å²) in [6.45, 7) is 9.47. The minimum atomic E-state index is 0. The molecular formula is C27H34ClN5O. The number of nitrogens with one attached hydrogen (secondary N) is 1. The van der Waals surface area contributed by atoms with Gasteiger partial charge in [0.2, 0.25) is 0 Å². The van der Waals surface area contributed by atoms with Crippen LogP contribution in [-0.2, 0) is 0 Å². The van der Waals surface area contributed by atoms with Crippen LogP contribution in [0.3, 0.4) is 0 Å². The number of halogens is 1. The van der Waals surface area contributed by atoms with Gasteiger partial charge in [0.15, 0.2) is 0 Å². The van der Waals surface area contributed by atoms with Gasteiger partial charge >= 0.3 is 0 Å². The van der Waals surface area contributed by atoms with Crippen LogP contribution < -0.4 is 10.2 Å². The Morgan fingerprint density at radius 1 is 0.941 bits per heavy atom. The molecule has 2 aliphatic rings. The molecule has 0 aliphatic carbocycles. The fourth-order valence-electron chi connectivity index (χ4n) is 5.18. The largest absolute Gasteiger partial charge is 0.368 e. The molecule has 1 amide bonds. The summed E-state index contributed by atoms with van der Waals surface area (Å²) in [5, 5.41) is 8.15. The maximum atomic E-state index is 13.7. The number of hydrogen-bond acceptors (Lipinski definition) is 4. The van der Waals surface area contributed by atoms with E-state index in [2.05, 4.69) is 54.4 Å². The van der Waals surface area contributed by atoms with Gasteiger partial charge in [-0.1, -0.05) is 30.3 Å². The van der Waals surface area contributed by atoms with Crippen molar-refractivity contribution in [3.05, 3.63) is 77.1 Å². The molecular weight excluding hydrogens is 446 g/mol. The normalized spacial score (nSPS) is 16.9. The van der Waals surface area contributed by atoms with Gasteiger partial charge in [-0.2, -0.15) is 5.10 Å². The van der Waals surface area contributed by atoms with E-state index < -0.39 is 0 Å². The maximum Gasteiger partial charge on any atom is 0.257 e. The number of aromatic nitrogens is 2. The van der Waals surface area contributed by atoms with Gasteiger partial charge in [-0.15, -0.1) is 12.4 Å². The summed E-state index contributed by atoms with van der Waals surface area (Å²) >= 11 is 0. The highest BCUT2D eigenvalue weighted by molar-refractivity contribution is 5.95. The Morgan fingerprint density at radius 3 is 2.35 bits per heavy atom. The van der Waals surface area contributed by atoms with Crippen molar-refractivity contribution < 1.29 is 4.79 Å². The smallest absolute Gasteiger partial charge is 0.257 e. The Balaban J connectivity index is 0.00000274. The molecule has 3 heterocycles. The summed E-state index contributed by atoms with van der Waals surface area (Å²) in [6, 6.07) is 16.7. The number of piperazine rings is 1. The molecule has 0 saturated carbocycles. The molecule has 2 aromatic carbocycles. The van der Waals surface area contributed by atoms with Crippen molar-refractivity contribution in [1.29, 1.82) is 0 Å². The highest BCUT2D eigenvalue weighted by atomic mass is 35.5. The van der Waals surface area contributed by atoms with Gasteiger partial charge in [-0.25, -0.2) is 4.68 Å². The first-order valence-corrected chi connectivity index (χ1v) is 12.1. The van der Waals surface area contributed by atoms with Crippen molar-refractivity contribution in [3.63, 3.8) is 0 Å². The molecule has 0 atom stereocenters. The van der Waals surface area contributed by atoms with Gasteiger partial charge in [0, 0.05) is 37.8 Å². The van der Waals surface area contributed by atoms with Crippen LogP contribution >= 0.6 is 12.4 Å². The summed E-state index contributed by atoms with van der Waals surface area (Å²) in [7, 11) is 0. The van der Waals surface area contributed by atoms with E-state index in [1.807, 2.05) is 27.8 Å². The zero-order valence-electron chi connectivity index (χ0n) is 20.0. The second-order valence-corrected chi connectivity index (χ2v) is 9.21. The van der Waals surface area contributed by atoms with E-state index >= 15 is 0 Å². The van der Waals surface area contributed by atoms with Crippen molar-refractivity contribution in [3.8, 4) is 5.69 Å². The number of nitrogens with zero attached hydrogens (tertiary/aromatic N) is 4. The zero-order chi connectivity index (χ0) is 22.8. The molecule has 2 aliphatic heterocycles. The van der Waals surface area contributed by atoms with E-state index in [0.717, 1.165) is 69.1 Å². The zero-order valence-corrected chi connectivity index (χ0v) is 20.9. The molecule has 180 valence electrons. The standard InChI is InChI=1S/C27H33N5O.ClH/c1-20-7-6-10-25(21(20)2)30-15-17-31(18-16-30)27(33)24-19-29-32(23-8-4-3-5-9-23)26(24)22-11-13-28-14-12-22;/h3-10,19,22,28H,11-18H2,1-2H3;1H. The highest BCUT2D eigenvalue weighted by Crippen LogP contribution is 2.31. The molecule has 0 bridgehead atoms. The lowest BCUT2D eigenvalue weighted by molar-refractivity contribution is 0.0744. The number of amides is 1. The Bertz CT molecular complexity index is 1120. The first-order valence-electron chi connectivity index (χ1n) is 12.1. The number of anilines is 1. The predicted octanol–water partition coefficient (Wildman–Crippen LogP) is 4.34. The van der Waals surface area contributed by atoms with Gasteiger partial charge in [0.25, 0.3) is 5.91 Å². The van der Waals surface area contributed by atoms with E-state index in [1.54, 1.807) is 6.20 Å². The van der Waals surface area contributed by atoms with Crippen LogP contribution in [0, 0.1) is 13.8 Å². The Hall–Kier alpha value is -2.83. The van der Waals surface area contributed by atoms with E-state index in [9.17, 15) is 4.79 Å². The molecule has 0 spiro atoms. The summed E-state index contributed by atoms with van der Waals surface area (Å²) in [5.74, 6) is 0.454. The van der Waals surface area contributed by atoms with Crippen molar-refractivity contribution >= 4 is 24.0 Å². The molecule has 2 saturated heterocycles. The summed E-state index contributed by atoms with van der Waals surface area (Å²) < 4.78 is 2.00. The van der Waals surface area contributed by atoms with Crippen molar-refractivity contribution in [2.75, 3.05) is 44.2 Å². The molecule has 2 fully saturated rings. The minimum Gasteiger partial charge on any atom is -0.368 e. The van der Waals surface area contributed by atoms with Crippen LogP contribution in [0.1, 0.15) is 45.9 Å². The van der Waals surface area contributed by atoms with Gasteiger partial charge in [-0.05, 0) is 69.1 Å². The third-order valence-corrected chi connectivity index (χ3v) is 7.25. The Morgan fingerprint density at radius 2 is 1.65 bits per heavy atom. The molecule has 7 heteroatoms. The molecule has 5 rings (SSSR count). The minimum absolute atomic E-state index is 0. The molecule has 0 radical (unpaired) electrons. The van der Waals surface area contributed by atoms with E-state index in [-0.39, 0.29) is 18.3 Å². The Labute approximate surface area is 208 Å². The lowest BCUT2D eigenvalue weighted by Crippen LogP contribution is -2.49. The highest BCUT2D eigenvalue weighted by Gasteiger charge is 2.31. The average Bonchev–Trinajstić information content (AvgIpc) is 3.32. The van der Waals surface area contributed by atoms with Crippen molar-refractivity contribution in [1.82, 2.24) is 20.0 Å². The fraction of sp³-hybridized carbons (Fsp3) is 0.407. The average molecular weight is 480 g/mol. The molecule has 0 unspecified atom stereocenters. The SMILES string of the molecule is Cc1cccc(N2CCN(C(=O)c3cnn(-c4ccccc4)c3C3CCNCC3)CC2)c1C.Cl. The van der Waals surface area contributed by atoms with Gasteiger partial charge in [-0.3, -0.25) is 4.79 Å². The molecule has 1 N–H and O–H groups in total. The maximum absolute atomic E-state index is 13.7. The number of benzene rings is 2. The van der Waals surface area contributed by atoms with Crippen LogP contribution in [0.2, 0.25) is 0 Å². The van der Waals surface area contributed by atoms with Crippen LogP contribution in [0.25, 0.3) is 5.69 Å². The first kappa shape index (κ1) is 24.3. The third-order valence-electron chi connectivity index (χ3n) is 7.25. The van der Waals surface area contributed by atoms with E-state index in [1.165, 1.54) is 16.8 Å². The van der Waals surface area contributed by atoms with Gasteiger partial charge in [0.1, 0.15) is 0 Å². The lowest BCUT2D eigenvalue weighted by Gasteiger charge is -2.37. The second kappa shape index (κ2) is 10.6. The summed E-state index contributed by atoms with van der Waals surface area (Å²) in [4.78, 5) is 18.1. The number of aryl methyl sites for hydroxylation is 1. The van der Waals surface area contributed by atoms with Crippen LogP contribution in [-0.4, -0.2) is 59.9 Å². The van der Waals surface area contributed by atoms with Crippen LogP contribution in [0.5, 0.6) is 0 Å². The van der Waals surface area contributed by atoms with E-state index in [0.29, 0.717) is 5.92 Å². The monoisotopic (exact) mass is 479 g/mol. The number of para-hydroxylation sites is 1. The molecule has 1 aromatic heterocycles. The predicted molar refractivity (Wildman–Crippen MR) is 140 cm³/mol. The van der Waals surface area contributed by atoms with Crippen molar-refractivity contribution in [2.45, 2.75) is 32.6 Å². The number of hydrogen-bond donors (Lipinski definition) is 1. The number of piperidine rings is 1. The van der Waals surface area contributed by atoms with Gasteiger partial charge in [0.05, 0.1) is 23.1 Å². The van der Waals surface area contributed by atoms with Crippen LogP contribution in [0.4, 0.5) is 5.69 Å².